The summed E-state index contributed by atoms with van der Waals surface area (Å²) in [7, 11) is 0. The van der Waals surface area contributed by atoms with Gasteiger partial charge in [-0.3, -0.25) is 9.59 Å². The maximum absolute atomic E-state index is 12.4. The number of rotatable bonds is 5. The lowest BCUT2D eigenvalue weighted by Crippen LogP contribution is -2.35. The van der Waals surface area contributed by atoms with E-state index in [0.29, 0.717) is 17.7 Å². The summed E-state index contributed by atoms with van der Waals surface area (Å²) in [6, 6.07) is 8.92. The monoisotopic (exact) mass is 313 g/mol. The van der Waals surface area contributed by atoms with Crippen LogP contribution < -0.4 is 5.32 Å². The highest BCUT2D eigenvalue weighted by Crippen LogP contribution is 2.16. The number of benzene rings is 1. The SMILES string of the molecule is CCCC(C#N)C(=O)Nc1ccc(C(=O)N2CCCCC2)cc1. The highest BCUT2D eigenvalue weighted by Gasteiger charge is 2.19. The quantitative estimate of drug-likeness (QED) is 0.907. The van der Waals surface area contributed by atoms with E-state index in [2.05, 4.69) is 5.32 Å². The Kier molecular flexibility index (Phi) is 6.16. The van der Waals surface area contributed by atoms with E-state index in [9.17, 15) is 9.59 Å². The first-order valence-electron chi connectivity index (χ1n) is 8.25. The van der Waals surface area contributed by atoms with Crippen LogP contribution in [0.25, 0.3) is 0 Å². The molecule has 5 heteroatoms. The highest BCUT2D eigenvalue weighted by molar-refractivity contribution is 5.96. The first-order valence-corrected chi connectivity index (χ1v) is 8.25. The zero-order valence-electron chi connectivity index (χ0n) is 13.5. The van der Waals surface area contributed by atoms with E-state index in [1.807, 2.05) is 17.9 Å². The summed E-state index contributed by atoms with van der Waals surface area (Å²) in [5.41, 5.74) is 1.25. The highest BCUT2D eigenvalue weighted by atomic mass is 16.2. The van der Waals surface area contributed by atoms with E-state index in [0.717, 1.165) is 32.4 Å². The molecule has 1 aromatic carbocycles. The normalized spacial score (nSPS) is 15.6. The molecular weight excluding hydrogens is 290 g/mol. The van der Waals surface area contributed by atoms with Crippen molar-refractivity contribution in [1.29, 1.82) is 5.26 Å². The van der Waals surface area contributed by atoms with Gasteiger partial charge >= 0.3 is 0 Å². The molecule has 1 N–H and O–H groups in total. The number of carbonyl (C=O) groups excluding carboxylic acids is 2. The number of nitrogens with one attached hydrogen (secondary N) is 1. The van der Waals surface area contributed by atoms with Crippen LogP contribution in [0.15, 0.2) is 24.3 Å². The van der Waals surface area contributed by atoms with Crippen molar-refractivity contribution >= 4 is 17.5 Å². The molecule has 5 nitrogen and oxygen atoms in total. The molecule has 0 aromatic heterocycles. The third kappa shape index (κ3) is 4.56. The van der Waals surface area contributed by atoms with Crippen molar-refractivity contribution in [2.75, 3.05) is 18.4 Å². The summed E-state index contributed by atoms with van der Waals surface area (Å²) in [5.74, 6) is -0.873. The average molecular weight is 313 g/mol. The van der Waals surface area contributed by atoms with Gasteiger partial charge < -0.3 is 10.2 Å². The first-order chi connectivity index (χ1) is 11.2. The van der Waals surface area contributed by atoms with E-state index < -0.39 is 5.92 Å². The van der Waals surface area contributed by atoms with E-state index in [1.165, 1.54) is 6.42 Å². The number of hydrogen-bond donors (Lipinski definition) is 1. The Morgan fingerprint density at radius 1 is 1.22 bits per heavy atom. The summed E-state index contributed by atoms with van der Waals surface area (Å²) >= 11 is 0. The number of piperidine rings is 1. The van der Waals surface area contributed by atoms with Gasteiger partial charge in [-0.15, -0.1) is 0 Å². The molecule has 0 aliphatic carbocycles. The maximum Gasteiger partial charge on any atom is 0.253 e. The van der Waals surface area contributed by atoms with Crippen LogP contribution in [0.2, 0.25) is 0 Å². The fourth-order valence-corrected chi connectivity index (χ4v) is 2.75. The Hall–Kier alpha value is -2.35. The molecule has 1 atom stereocenters. The fraction of sp³-hybridized carbons (Fsp3) is 0.500. The van der Waals surface area contributed by atoms with Crippen molar-refractivity contribution in [1.82, 2.24) is 4.90 Å². The third-order valence-electron chi connectivity index (χ3n) is 4.09. The predicted octanol–water partition coefficient (Wildman–Crippen LogP) is 3.19. The number of likely N-dealkylation sites (tertiary alicyclic amines) is 1. The van der Waals surface area contributed by atoms with E-state index in [1.54, 1.807) is 24.3 Å². The fourth-order valence-electron chi connectivity index (χ4n) is 2.75. The third-order valence-corrected chi connectivity index (χ3v) is 4.09. The van der Waals surface area contributed by atoms with Gasteiger partial charge in [-0.1, -0.05) is 13.3 Å². The second kappa shape index (κ2) is 8.33. The summed E-state index contributed by atoms with van der Waals surface area (Å²) < 4.78 is 0. The molecule has 1 aliphatic heterocycles. The van der Waals surface area contributed by atoms with E-state index >= 15 is 0 Å². The van der Waals surface area contributed by atoms with Gasteiger partial charge in [-0.05, 0) is 49.9 Å². The molecule has 1 aromatic rings. The van der Waals surface area contributed by atoms with Gasteiger partial charge in [-0.2, -0.15) is 5.26 Å². The zero-order chi connectivity index (χ0) is 16.7. The Labute approximate surface area is 137 Å². The lowest BCUT2D eigenvalue weighted by atomic mass is 10.0. The van der Waals surface area contributed by atoms with Crippen molar-refractivity contribution < 1.29 is 9.59 Å². The van der Waals surface area contributed by atoms with Gasteiger partial charge in [0.25, 0.3) is 5.91 Å². The molecule has 0 spiro atoms. The van der Waals surface area contributed by atoms with Crippen LogP contribution in [-0.2, 0) is 4.79 Å². The number of hydrogen-bond acceptors (Lipinski definition) is 3. The molecule has 0 saturated carbocycles. The second-order valence-electron chi connectivity index (χ2n) is 5.89. The van der Waals surface area contributed by atoms with Crippen LogP contribution in [0.3, 0.4) is 0 Å². The molecule has 2 rings (SSSR count). The molecule has 1 heterocycles. The predicted molar refractivity (Wildman–Crippen MR) is 88.8 cm³/mol. The standard InChI is InChI=1S/C18H23N3O2/c1-2-6-15(13-19)17(22)20-16-9-7-14(8-10-16)18(23)21-11-4-3-5-12-21/h7-10,15H,2-6,11-12H2,1H3,(H,20,22). The number of amides is 2. The van der Waals surface area contributed by atoms with Gasteiger partial charge in [-0.25, -0.2) is 0 Å². The largest absolute Gasteiger partial charge is 0.339 e. The molecule has 23 heavy (non-hydrogen) atoms. The molecule has 1 unspecified atom stereocenters. The van der Waals surface area contributed by atoms with E-state index in [-0.39, 0.29) is 11.8 Å². The molecule has 2 amide bonds. The van der Waals surface area contributed by atoms with Gasteiger partial charge in [0, 0.05) is 24.3 Å². The molecule has 0 bridgehead atoms. The number of carbonyl (C=O) groups is 2. The molecular formula is C18H23N3O2. The molecule has 1 fully saturated rings. The van der Waals surface area contributed by atoms with Crippen LogP contribution in [-0.4, -0.2) is 29.8 Å². The summed E-state index contributed by atoms with van der Waals surface area (Å²) in [6.45, 7) is 3.58. The number of nitrogens with zero attached hydrogens (tertiary/aromatic N) is 2. The topological polar surface area (TPSA) is 73.2 Å². The van der Waals surface area contributed by atoms with Crippen LogP contribution in [0, 0.1) is 17.2 Å². The maximum atomic E-state index is 12.4. The van der Waals surface area contributed by atoms with Crippen LogP contribution in [0.4, 0.5) is 5.69 Å². The van der Waals surface area contributed by atoms with Gasteiger partial charge in [0.1, 0.15) is 5.92 Å². The Morgan fingerprint density at radius 2 is 1.87 bits per heavy atom. The van der Waals surface area contributed by atoms with Gasteiger partial charge in [0.15, 0.2) is 0 Å². The minimum atomic E-state index is -0.630. The van der Waals surface area contributed by atoms with Crippen LogP contribution >= 0.6 is 0 Å². The smallest absolute Gasteiger partial charge is 0.253 e. The molecule has 1 aliphatic rings. The number of anilines is 1. The summed E-state index contributed by atoms with van der Waals surface area (Å²) in [4.78, 5) is 26.2. The van der Waals surface area contributed by atoms with Crippen LogP contribution in [0.1, 0.15) is 49.4 Å². The van der Waals surface area contributed by atoms with Crippen molar-refractivity contribution in [2.24, 2.45) is 5.92 Å². The number of nitriles is 1. The average Bonchev–Trinajstić information content (AvgIpc) is 2.60. The van der Waals surface area contributed by atoms with Crippen molar-refractivity contribution in [2.45, 2.75) is 39.0 Å². The minimum Gasteiger partial charge on any atom is -0.339 e. The summed E-state index contributed by atoms with van der Waals surface area (Å²) in [6.07, 6.45) is 4.65. The van der Waals surface area contributed by atoms with Gasteiger partial charge in [0.05, 0.1) is 6.07 Å². The Morgan fingerprint density at radius 3 is 2.43 bits per heavy atom. The second-order valence-corrected chi connectivity index (χ2v) is 5.89. The summed E-state index contributed by atoms with van der Waals surface area (Å²) in [5, 5.41) is 11.7. The van der Waals surface area contributed by atoms with Gasteiger partial charge in [0.2, 0.25) is 5.91 Å². The molecule has 0 radical (unpaired) electrons. The minimum absolute atomic E-state index is 0.0449. The lowest BCUT2D eigenvalue weighted by Gasteiger charge is -2.26. The Balaban J connectivity index is 1.97. The van der Waals surface area contributed by atoms with E-state index in [4.69, 9.17) is 5.26 Å². The Bertz CT molecular complexity index is 583. The van der Waals surface area contributed by atoms with Crippen LogP contribution in [0.5, 0.6) is 0 Å². The lowest BCUT2D eigenvalue weighted by molar-refractivity contribution is -0.118. The molecule has 1 saturated heterocycles. The van der Waals surface area contributed by atoms with Crippen molar-refractivity contribution in [3.63, 3.8) is 0 Å². The van der Waals surface area contributed by atoms with Crippen molar-refractivity contribution in [3.05, 3.63) is 29.8 Å². The zero-order valence-corrected chi connectivity index (χ0v) is 13.5. The van der Waals surface area contributed by atoms with Crippen molar-refractivity contribution in [3.8, 4) is 6.07 Å². The first kappa shape index (κ1) is 17.0. The molecule has 122 valence electrons.